The van der Waals surface area contributed by atoms with E-state index in [2.05, 4.69) is 0 Å². The largest absolute Gasteiger partial charge is 0.370 e. The zero-order chi connectivity index (χ0) is 18.6. The lowest BCUT2D eigenvalue weighted by Gasteiger charge is -2.22. The Kier molecular flexibility index (Phi) is 5.81. The van der Waals surface area contributed by atoms with Gasteiger partial charge in [-0.05, 0) is 17.7 Å². The fourth-order valence-electron chi connectivity index (χ4n) is 2.15. The van der Waals surface area contributed by atoms with E-state index < -0.39 is 38.3 Å². The van der Waals surface area contributed by atoms with E-state index in [1.807, 2.05) is 0 Å². The van der Waals surface area contributed by atoms with Crippen LogP contribution in [0.3, 0.4) is 0 Å². The summed E-state index contributed by atoms with van der Waals surface area (Å²) in [5.74, 6) is -5.94. The highest BCUT2D eigenvalue weighted by Gasteiger charge is 2.30. The van der Waals surface area contributed by atoms with E-state index in [0.29, 0.717) is 17.7 Å². The van der Waals surface area contributed by atoms with Crippen molar-refractivity contribution < 1.29 is 26.4 Å². The monoisotopic (exact) mass is 372 g/mol. The fraction of sp³-hybridized carbons (Fsp3) is 0.188. The van der Waals surface area contributed by atoms with Crippen LogP contribution in [0.1, 0.15) is 12.0 Å². The maximum absolute atomic E-state index is 13.9. The summed E-state index contributed by atoms with van der Waals surface area (Å²) in [4.78, 5) is 9.99. The first-order valence-electron chi connectivity index (χ1n) is 7.19. The Morgan fingerprint density at radius 2 is 1.64 bits per heavy atom. The minimum Gasteiger partial charge on any atom is -0.370 e. The van der Waals surface area contributed by atoms with E-state index >= 15 is 0 Å². The van der Waals surface area contributed by atoms with Crippen molar-refractivity contribution in [1.82, 2.24) is 4.31 Å². The minimum atomic E-state index is -4.52. The number of benzene rings is 2. The molecule has 0 spiro atoms. The van der Waals surface area contributed by atoms with Gasteiger partial charge in [-0.3, -0.25) is 4.79 Å². The summed E-state index contributed by atoms with van der Waals surface area (Å²) in [5, 5.41) is 0. The van der Waals surface area contributed by atoms with Gasteiger partial charge in [0.2, 0.25) is 15.9 Å². The summed E-state index contributed by atoms with van der Waals surface area (Å²) < 4.78 is 66.6. The summed E-state index contributed by atoms with van der Waals surface area (Å²) in [7, 11) is -4.52. The smallest absolute Gasteiger partial charge is 0.246 e. The van der Waals surface area contributed by atoms with Gasteiger partial charge in [-0.1, -0.05) is 30.3 Å². The van der Waals surface area contributed by atoms with E-state index in [9.17, 15) is 26.4 Å². The van der Waals surface area contributed by atoms with Crippen molar-refractivity contribution >= 4 is 15.9 Å². The number of sulfonamides is 1. The number of primary amides is 1. The zero-order valence-electron chi connectivity index (χ0n) is 13.0. The van der Waals surface area contributed by atoms with Gasteiger partial charge in [-0.15, -0.1) is 0 Å². The molecule has 0 unspecified atom stereocenters. The maximum atomic E-state index is 13.9. The summed E-state index contributed by atoms with van der Waals surface area (Å²) in [6.45, 7) is -0.514. The molecule has 0 saturated heterocycles. The average Bonchev–Trinajstić information content (AvgIpc) is 2.57. The number of halogens is 3. The van der Waals surface area contributed by atoms with Gasteiger partial charge in [-0.2, -0.15) is 4.31 Å². The van der Waals surface area contributed by atoms with Crippen molar-refractivity contribution in [3.63, 3.8) is 0 Å². The third kappa shape index (κ3) is 4.37. The summed E-state index contributed by atoms with van der Waals surface area (Å²) in [6.07, 6.45) is -0.308. The molecule has 0 aliphatic rings. The highest BCUT2D eigenvalue weighted by Crippen LogP contribution is 2.24. The predicted molar refractivity (Wildman–Crippen MR) is 84.2 cm³/mol. The Morgan fingerprint density at radius 3 is 2.24 bits per heavy atom. The molecule has 0 aliphatic carbocycles. The molecular weight excluding hydrogens is 357 g/mol. The number of nitrogens with zero attached hydrogens (tertiary/aromatic N) is 1. The van der Waals surface area contributed by atoms with Gasteiger partial charge in [0.1, 0.15) is 4.90 Å². The first-order valence-corrected chi connectivity index (χ1v) is 8.63. The topological polar surface area (TPSA) is 80.5 Å². The highest BCUT2D eigenvalue weighted by atomic mass is 32.2. The number of amides is 1. The van der Waals surface area contributed by atoms with Gasteiger partial charge in [0, 0.05) is 19.5 Å². The molecule has 134 valence electrons. The Labute approximate surface area is 142 Å². The van der Waals surface area contributed by atoms with E-state index in [0.717, 1.165) is 4.31 Å². The first-order chi connectivity index (χ1) is 11.7. The van der Waals surface area contributed by atoms with Gasteiger partial charge >= 0.3 is 0 Å². The summed E-state index contributed by atoms with van der Waals surface area (Å²) in [5.41, 5.74) is 5.61. The molecule has 0 radical (unpaired) electrons. The van der Waals surface area contributed by atoms with Crippen LogP contribution in [0.5, 0.6) is 0 Å². The predicted octanol–water partition coefficient (Wildman–Crippen LogP) is 2.17. The van der Waals surface area contributed by atoms with Crippen LogP contribution in [0, 0.1) is 17.5 Å². The van der Waals surface area contributed by atoms with Crippen LogP contribution in [-0.2, 0) is 21.4 Å². The molecule has 2 rings (SSSR count). The lowest BCUT2D eigenvalue weighted by molar-refractivity contribution is -0.118. The van der Waals surface area contributed by atoms with Crippen molar-refractivity contribution in [2.45, 2.75) is 17.9 Å². The maximum Gasteiger partial charge on any atom is 0.246 e. The Morgan fingerprint density at radius 1 is 1.00 bits per heavy atom. The van der Waals surface area contributed by atoms with Crippen LogP contribution in [0.25, 0.3) is 0 Å². The van der Waals surface area contributed by atoms with Crippen LogP contribution < -0.4 is 5.73 Å². The molecule has 0 bridgehead atoms. The van der Waals surface area contributed by atoms with Crippen molar-refractivity contribution in [3.8, 4) is 0 Å². The van der Waals surface area contributed by atoms with Gasteiger partial charge in [0.25, 0.3) is 0 Å². The molecule has 5 nitrogen and oxygen atoms in total. The van der Waals surface area contributed by atoms with Crippen molar-refractivity contribution in [2.75, 3.05) is 6.54 Å². The third-order valence-corrected chi connectivity index (χ3v) is 5.29. The van der Waals surface area contributed by atoms with Crippen molar-refractivity contribution in [2.24, 2.45) is 5.73 Å². The average molecular weight is 372 g/mol. The van der Waals surface area contributed by atoms with Gasteiger partial charge in [-0.25, -0.2) is 21.6 Å². The van der Waals surface area contributed by atoms with E-state index in [1.54, 1.807) is 30.3 Å². The van der Waals surface area contributed by atoms with Crippen molar-refractivity contribution in [1.29, 1.82) is 0 Å². The molecule has 9 heteroatoms. The lowest BCUT2D eigenvalue weighted by atomic mass is 10.2. The molecule has 2 N–H and O–H groups in total. The van der Waals surface area contributed by atoms with Crippen molar-refractivity contribution in [3.05, 3.63) is 65.5 Å². The second-order valence-electron chi connectivity index (χ2n) is 5.21. The van der Waals surface area contributed by atoms with Crippen LogP contribution in [0.2, 0.25) is 0 Å². The molecule has 25 heavy (non-hydrogen) atoms. The standard InChI is InChI=1S/C16H15F3N2O3S/c17-12-6-7-13(16(19)15(12)18)25(23,24)21(9-8-14(20)22)10-11-4-2-1-3-5-11/h1-7H,8-10H2,(H2,20,22). The molecule has 2 aromatic rings. The Bertz CT molecular complexity index is 874. The molecule has 0 aromatic heterocycles. The SMILES string of the molecule is NC(=O)CCN(Cc1ccccc1)S(=O)(=O)c1ccc(F)c(F)c1F. The van der Waals surface area contributed by atoms with Gasteiger partial charge < -0.3 is 5.73 Å². The number of nitrogens with two attached hydrogens (primary N) is 1. The van der Waals surface area contributed by atoms with E-state index in [1.165, 1.54) is 0 Å². The normalized spacial score (nSPS) is 11.7. The van der Waals surface area contributed by atoms with Gasteiger partial charge in [0.15, 0.2) is 17.5 Å². The summed E-state index contributed by atoms with van der Waals surface area (Å²) >= 11 is 0. The summed E-state index contributed by atoms with van der Waals surface area (Å²) in [6, 6.07) is 9.51. The molecule has 1 amide bonds. The van der Waals surface area contributed by atoms with Crippen LogP contribution in [0.15, 0.2) is 47.4 Å². The Hall–Kier alpha value is -2.39. The minimum absolute atomic E-state index is 0.186. The fourth-order valence-corrected chi connectivity index (χ4v) is 3.64. The second-order valence-corrected chi connectivity index (χ2v) is 7.12. The molecule has 0 heterocycles. The number of rotatable bonds is 7. The van der Waals surface area contributed by atoms with Crippen LogP contribution in [-0.4, -0.2) is 25.2 Å². The Balaban J connectivity index is 2.44. The molecule has 2 aromatic carbocycles. The van der Waals surface area contributed by atoms with Crippen LogP contribution >= 0.6 is 0 Å². The molecule has 0 fully saturated rings. The number of carbonyl (C=O) groups is 1. The van der Waals surface area contributed by atoms with E-state index in [4.69, 9.17) is 5.73 Å². The second kappa shape index (κ2) is 7.66. The van der Waals surface area contributed by atoms with E-state index in [-0.39, 0.29) is 19.5 Å². The molecular formula is C16H15F3N2O3S. The molecule has 0 atom stereocenters. The van der Waals surface area contributed by atoms with Crippen LogP contribution in [0.4, 0.5) is 13.2 Å². The quantitative estimate of drug-likeness (QED) is 0.757. The number of hydrogen-bond donors (Lipinski definition) is 1. The third-order valence-electron chi connectivity index (χ3n) is 3.43. The molecule has 0 aliphatic heterocycles. The highest BCUT2D eigenvalue weighted by molar-refractivity contribution is 7.89. The number of hydrogen-bond acceptors (Lipinski definition) is 3. The number of carbonyl (C=O) groups excluding carboxylic acids is 1. The molecule has 0 saturated carbocycles. The lowest BCUT2D eigenvalue weighted by Crippen LogP contribution is -2.34. The first kappa shape index (κ1) is 18.9. The zero-order valence-corrected chi connectivity index (χ0v) is 13.8. The van der Waals surface area contributed by atoms with Gasteiger partial charge in [0.05, 0.1) is 0 Å².